The van der Waals surface area contributed by atoms with Crippen molar-refractivity contribution in [2.75, 3.05) is 37.0 Å². The summed E-state index contributed by atoms with van der Waals surface area (Å²) in [7, 11) is 1.50. The molecule has 0 amide bonds. The zero-order valence-corrected chi connectivity index (χ0v) is 24.1. The monoisotopic (exact) mass is 619 g/mol. The van der Waals surface area contributed by atoms with Crippen molar-refractivity contribution in [1.82, 2.24) is 34.7 Å². The minimum atomic E-state index is -4.89. The highest BCUT2D eigenvalue weighted by Crippen LogP contribution is 2.32. The van der Waals surface area contributed by atoms with Crippen LogP contribution in [0.2, 0.25) is 5.02 Å². The molecular formula is C27H29ClF3N9O3. The van der Waals surface area contributed by atoms with Crippen molar-refractivity contribution in [3.8, 4) is 5.75 Å². The molecule has 43 heavy (non-hydrogen) atoms. The van der Waals surface area contributed by atoms with Gasteiger partial charge in [0.25, 0.3) is 5.56 Å². The molecule has 1 aliphatic heterocycles. The molecule has 0 aliphatic carbocycles. The van der Waals surface area contributed by atoms with Gasteiger partial charge in [-0.05, 0) is 31.0 Å². The lowest BCUT2D eigenvalue weighted by Crippen LogP contribution is -2.34. The average molecular weight is 620 g/mol. The summed E-state index contributed by atoms with van der Waals surface area (Å²) < 4.78 is 55.2. The quantitative estimate of drug-likeness (QED) is 0.265. The molecule has 1 saturated heterocycles. The molecule has 5 rings (SSSR count). The number of anilines is 2. The Morgan fingerprint density at radius 2 is 1.91 bits per heavy atom. The number of hydrogen-bond acceptors (Lipinski definition) is 10. The number of ether oxygens (including phenoxy) is 2. The van der Waals surface area contributed by atoms with E-state index in [2.05, 4.69) is 30.7 Å². The van der Waals surface area contributed by atoms with Crippen molar-refractivity contribution in [2.45, 2.75) is 44.8 Å². The van der Waals surface area contributed by atoms with Crippen LogP contribution < -0.4 is 20.5 Å². The van der Waals surface area contributed by atoms with Gasteiger partial charge in [0, 0.05) is 19.1 Å². The normalized spacial score (nSPS) is 16.0. The number of halogens is 4. The molecule has 1 N–H and O–H groups in total. The van der Waals surface area contributed by atoms with Crippen molar-refractivity contribution in [3.63, 3.8) is 0 Å². The second kappa shape index (κ2) is 13.0. The molecule has 2 unspecified atom stereocenters. The SMILES string of the molecule is COc1ccc(Cn2ncc(NC(C)COCc3cn(C4CCN(c5ncc(Cl)cn5)C4)nn3)c(C(F)(F)F)c2=O)cc1. The molecule has 0 radical (unpaired) electrons. The number of nitrogens with zero attached hydrogens (tertiary/aromatic N) is 8. The topological polar surface area (TPSA) is 125 Å². The third kappa shape index (κ3) is 7.40. The molecule has 4 aromatic rings. The summed E-state index contributed by atoms with van der Waals surface area (Å²) in [6.07, 6.45) is 1.83. The van der Waals surface area contributed by atoms with E-state index in [1.54, 1.807) is 54.5 Å². The molecule has 1 aromatic carbocycles. The predicted molar refractivity (Wildman–Crippen MR) is 151 cm³/mol. The molecule has 2 atom stereocenters. The smallest absolute Gasteiger partial charge is 0.423 e. The number of benzene rings is 1. The van der Waals surface area contributed by atoms with Crippen LogP contribution in [0, 0.1) is 0 Å². The first-order valence-electron chi connectivity index (χ1n) is 13.4. The first kappa shape index (κ1) is 30.2. The van der Waals surface area contributed by atoms with Crippen molar-refractivity contribution in [2.24, 2.45) is 0 Å². The first-order valence-corrected chi connectivity index (χ1v) is 13.8. The lowest BCUT2D eigenvalue weighted by atomic mass is 10.2. The number of hydrogen-bond donors (Lipinski definition) is 1. The van der Waals surface area contributed by atoms with Crippen molar-refractivity contribution in [3.05, 3.63) is 81.3 Å². The van der Waals surface area contributed by atoms with Crippen LogP contribution in [0.25, 0.3) is 0 Å². The molecule has 228 valence electrons. The van der Waals surface area contributed by atoms with Crippen LogP contribution in [0.5, 0.6) is 5.75 Å². The van der Waals surface area contributed by atoms with E-state index < -0.39 is 29.0 Å². The number of aromatic nitrogens is 7. The van der Waals surface area contributed by atoms with Crippen molar-refractivity contribution >= 4 is 23.2 Å². The first-order chi connectivity index (χ1) is 20.6. The fraction of sp³-hybridized carbons (Fsp3) is 0.407. The minimum Gasteiger partial charge on any atom is -0.497 e. The van der Waals surface area contributed by atoms with E-state index >= 15 is 0 Å². The highest BCUT2D eigenvalue weighted by atomic mass is 35.5. The molecule has 12 nitrogen and oxygen atoms in total. The molecular weight excluding hydrogens is 591 g/mol. The Bertz CT molecular complexity index is 1580. The van der Waals surface area contributed by atoms with Gasteiger partial charge in [-0.1, -0.05) is 28.9 Å². The van der Waals surface area contributed by atoms with Crippen LogP contribution in [0.15, 0.2) is 53.8 Å². The number of rotatable bonds is 11. The van der Waals surface area contributed by atoms with Crippen LogP contribution in [0.4, 0.5) is 24.8 Å². The number of nitrogens with one attached hydrogen (secondary N) is 1. The lowest BCUT2D eigenvalue weighted by molar-refractivity contribution is -0.138. The molecule has 4 heterocycles. The van der Waals surface area contributed by atoms with Gasteiger partial charge >= 0.3 is 6.18 Å². The maximum absolute atomic E-state index is 14.0. The summed E-state index contributed by atoms with van der Waals surface area (Å²) in [5.41, 5.74) is -1.80. The molecule has 3 aromatic heterocycles. The van der Waals surface area contributed by atoms with E-state index in [9.17, 15) is 18.0 Å². The Kier molecular flexibility index (Phi) is 9.11. The molecule has 0 spiro atoms. The maximum Gasteiger partial charge on any atom is 0.423 e. The molecule has 0 saturated carbocycles. The second-order valence-electron chi connectivity index (χ2n) is 10.1. The maximum atomic E-state index is 14.0. The molecule has 16 heteroatoms. The Balaban J connectivity index is 1.16. The van der Waals surface area contributed by atoms with Gasteiger partial charge in [-0.2, -0.15) is 18.3 Å². The van der Waals surface area contributed by atoms with Crippen LogP contribution in [0.1, 0.15) is 36.2 Å². The zero-order valence-electron chi connectivity index (χ0n) is 23.3. The number of alkyl halides is 3. The van der Waals surface area contributed by atoms with Gasteiger partial charge in [-0.3, -0.25) is 4.79 Å². The van der Waals surface area contributed by atoms with Crippen molar-refractivity contribution < 1.29 is 22.6 Å². The molecule has 1 aliphatic rings. The van der Waals surface area contributed by atoms with Gasteiger partial charge in [-0.25, -0.2) is 19.3 Å². The van der Waals surface area contributed by atoms with Crippen LogP contribution in [-0.4, -0.2) is 67.6 Å². The highest BCUT2D eigenvalue weighted by molar-refractivity contribution is 6.30. The average Bonchev–Trinajstić information content (AvgIpc) is 3.65. The van der Waals surface area contributed by atoms with Gasteiger partial charge in [-0.15, -0.1) is 5.10 Å². The summed E-state index contributed by atoms with van der Waals surface area (Å²) in [6, 6.07) is 6.12. The second-order valence-corrected chi connectivity index (χ2v) is 10.5. The summed E-state index contributed by atoms with van der Waals surface area (Å²) in [6.45, 7) is 3.08. The fourth-order valence-electron chi connectivity index (χ4n) is 4.70. The van der Waals surface area contributed by atoms with Gasteiger partial charge in [0.1, 0.15) is 17.0 Å². The Hall–Kier alpha value is -4.24. The van der Waals surface area contributed by atoms with E-state index in [0.29, 0.717) is 34.5 Å². The highest BCUT2D eigenvalue weighted by Gasteiger charge is 2.38. The van der Waals surface area contributed by atoms with E-state index in [0.717, 1.165) is 23.8 Å². The van der Waals surface area contributed by atoms with E-state index in [4.69, 9.17) is 21.1 Å². The Morgan fingerprint density at radius 3 is 2.60 bits per heavy atom. The van der Waals surface area contributed by atoms with E-state index in [-0.39, 0.29) is 25.8 Å². The third-order valence-corrected chi connectivity index (χ3v) is 7.02. The summed E-state index contributed by atoms with van der Waals surface area (Å²) in [5.74, 6) is 1.18. The van der Waals surface area contributed by atoms with Gasteiger partial charge in [0.15, 0.2) is 0 Å². The van der Waals surface area contributed by atoms with Gasteiger partial charge < -0.3 is 19.7 Å². The molecule has 1 fully saturated rings. The number of methoxy groups -OCH3 is 1. The van der Waals surface area contributed by atoms with E-state index in [1.807, 2.05) is 4.90 Å². The standard InChI is InChI=1S/C27H29ClF3N9O3/c1-17(15-43-16-20-13-39(37-36-20)21-7-8-38(14-21)26-32-9-19(28)10-33-26)35-23-11-34-40(25(41)24(23)27(29,30)31)12-18-3-5-22(42-2)6-4-18/h3-6,9-11,13,17,21,35H,7-8,12,14-16H2,1-2H3. The van der Waals surface area contributed by atoms with Crippen LogP contribution in [0.3, 0.4) is 0 Å². The molecule has 0 bridgehead atoms. The van der Waals surface area contributed by atoms with Gasteiger partial charge in [0.05, 0.1) is 68.4 Å². The summed E-state index contributed by atoms with van der Waals surface area (Å²) in [4.78, 5) is 23.4. The Morgan fingerprint density at radius 1 is 1.16 bits per heavy atom. The summed E-state index contributed by atoms with van der Waals surface area (Å²) in [5, 5.41) is 15.5. The third-order valence-electron chi connectivity index (χ3n) is 6.82. The summed E-state index contributed by atoms with van der Waals surface area (Å²) >= 11 is 5.87. The van der Waals surface area contributed by atoms with Crippen molar-refractivity contribution in [1.29, 1.82) is 0 Å². The fourth-order valence-corrected chi connectivity index (χ4v) is 4.80. The van der Waals surface area contributed by atoms with E-state index in [1.165, 1.54) is 7.11 Å². The largest absolute Gasteiger partial charge is 0.497 e. The van der Waals surface area contributed by atoms with Crippen LogP contribution >= 0.6 is 11.6 Å². The lowest BCUT2D eigenvalue weighted by Gasteiger charge is -2.19. The predicted octanol–water partition coefficient (Wildman–Crippen LogP) is 3.82. The van der Waals surface area contributed by atoms with Crippen LogP contribution in [-0.2, 0) is 24.1 Å². The Labute approximate surface area is 249 Å². The minimum absolute atomic E-state index is 0.0458. The van der Waals surface area contributed by atoms with Gasteiger partial charge in [0.2, 0.25) is 5.95 Å². The zero-order chi connectivity index (χ0) is 30.6.